The average molecular weight is 222 g/mol. The van der Waals surface area contributed by atoms with Gasteiger partial charge in [0.15, 0.2) is 11.5 Å². The smallest absolute Gasteiger partial charge is 0.231 e. The Morgan fingerprint density at radius 3 is 2.75 bits per heavy atom. The average Bonchev–Trinajstić information content (AvgIpc) is 2.71. The van der Waals surface area contributed by atoms with Crippen molar-refractivity contribution in [3.63, 3.8) is 0 Å². The van der Waals surface area contributed by atoms with Gasteiger partial charge in [-0.15, -0.1) is 0 Å². The van der Waals surface area contributed by atoms with Gasteiger partial charge in [0, 0.05) is 19.7 Å². The second-order valence-electron chi connectivity index (χ2n) is 3.84. The number of anilines is 1. The van der Waals surface area contributed by atoms with Crippen molar-refractivity contribution in [1.29, 1.82) is 0 Å². The van der Waals surface area contributed by atoms with Gasteiger partial charge in [-0.3, -0.25) is 4.79 Å². The minimum Gasteiger partial charge on any atom is -0.453 e. The lowest BCUT2D eigenvalue weighted by atomic mass is 10.1. The molecule has 86 valence electrons. The third-order valence-electron chi connectivity index (χ3n) is 2.47. The number of likely N-dealkylation sites (N-methyl/N-ethyl adjacent to an activating group) is 1. The van der Waals surface area contributed by atoms with E-state index in [-0.39, 0.29) is 12.7 Å². The highest BCUT2D eigenvalue weighted by atomic mass is 16.7. The maximum absolute atomic E-state index is 11.6. The Balaban J connectivity index is 2.29. The topological polar surface area (TPSA) is 64.8 Å². The zero-order chi connectivity index (χ0) is 11.7. The highest BCUT2D eigenvalue weighted by Gasteiger charge is 2.22. The summed E-state index contributed by atoms with van der Waals surface area (Å²) < 4.78 is 10.6. The monoisotopic (exact) mass is 222 g/mol. The molecule has 0 unspecified atom stereocenters. The fourth-order valence-corrected chi connectivity index (χ4v) is 1.53. The number of hydrogen-bond acceptors (Lipinski definition) is 4. The van der Waals surface area contributed by atoms with E-state index >= 15 is 0 Å². The number of benzene rings is 1. The van der Waals surface area contributed by atoms with E-state index in [0.29, 0.717) is 23.6 Å². The van der Waals surface area contributed by atoms with E-state index in [0.717, 1.165) is 5.56 Å². The van der Waals surface area contributed by atoms with Crippen LogP contribution in [0.5, 0.6) is 11.5 Å². The largest absolute Gasteiger partial charge is 0.453 e. The molecule has 0 atom stereocenters. The molecule has 1 aliphatic rings. The van der Waals surface area contributed by atoms with Gasteiger partial charge in [-0.05, 0) is 6.07 Å². The van der Waals surface area contributed by atoms with Gasteiger partial charge in [-0.2, -0.15) is 0 Å². The van der Waals surface area contributed by atoms with Gasteiger partial charge in [0.1, 0.15) is 0 Å². The SMILES string of the molecule is CN(C)C(=O)Cc1ccc(N)c2c1OCO2. The predicted molar refractivity (Wildman–Crippen MR) is 59.4 cm³/mol. The molecule has 2 rings (SSSR count). The molecule has 0 saturated heterocycles. The summed E-state index contributed by atoms with van der Waals surface area (Å²) in [5.74, 6) is 1.15. The normalized spacial score (nSPS) is 12.6. The minimum atomic E-state index is 0.0162. The van der Waals surface area contributed by atoms with Crippen molar-refractivity contribution in [1.82, 2.24) is 4.90 Å². The van der Waals surface area contributed by atoms with Crippen molar-refractivity contribution in [2.45, 2.75) is 6.42 Å². The Labute approximate surface area is 93.7 Å². The van der Waals surface area contributed by atoms with Crippen LogP contribution in [0.25, 0.3) is 0 Å². The number of carbonyl (C=O) groups excluding carboxylic acids is 1. The van der Waals surface area contributed by atoms with Crippen molar-refractivity contribution in [3.8, 4) is 11.5 Å². The standard InChI is InChI=1S/C11H14N2O3/c1-13(2)9(14)5-7-3-4-8(12)11-10(7)15-6-16-11/h3-4H,5-6,12H2,1-2H3. The molecule has 2 N–H and O–H groups in total. The second-order valence-corrected chi connectivity index (χ2v) is 3.84. The highest BCUT2D eigenvalue weighted by molar-refractivity contribution is 5.80. The van der Waals surface area contributed by atoms with Crippen LogP contribution in [0.3, 0.4) is 0 Å². The molecule has 5 heteroatoms. The fourth-order valence-electron chi connectivity index (χ4n) is 1.53. The summed E-state index contributed by atoms with van der Waals surface area (Å²) >= 11 is 0. The van der Waals surface area contributed by atoms with Gasteiger partial charge in [-0.1, -0.05) is 6.07 Å². The molecule has 1 aliphatic heterocycles. The zero-order valence-corrected chi connectivity index (χ0v) is 9.32. The molecule has 1 aromatic carbocycles. The van der Waals surface area contributed by atoms with Crippen LogP contribution >= 0.6 is 0 Å². The maximum atomic E-state index is 11.6. The Hall–Kier alpha value is -1.91. The number of carbonyl (C=O) groups is 1. The summed E-state index contributed by atoms with van der Waals surface area (Å²) in [5.41, 5.74) is 7.07. The Morgan fingerprint density at radius 1 is 1.38 bits per heavy atom. The summed E-state index contributed by atoms with van der Waals surface area (Å²) in [4.78, 5) is 13.1. The molecule has 0 bridgehead atoms. The van der Waals surface area contributed by atoms with Gasteiger partial charge in [0.25, 0.3) is 0 Å². The summed E-state index contributed by atoms with van der Waals surface area (Å²) in [6.07, 6.45) is 0.291. The molecule has 0 saturated carbocycles. The van der Waals surface area contributed by atoms with Crippen LogP contribution in [0, 0.1) is 0 Å². The summed E-state index contributed by atoms with van der Waals surface area (Å²) in [5, 5.41) is 0. The predicted octanol–water partition coefficient (Wildman–Crippen LogP) is 0.628. The minimum absolute atomic E-state index is 0.0162. The molecule has 0 aliphatic carbocycles. The quantitative estimate of drug-likeness (QED) is 0.745. The number of hydrogen-bond donors (Lipinski definition) is 1. The molecule has 0 radical (unpaired) electrons. The number of rotatable bonds is 2. The molecule has 5 nitrogen and oxygen atoms in total. The Kier molecular flexibility index (Phi) is 2.60. The second kappa shape index (κ2) is 3.92. The first-order valence-corrected chi connectivity index (χ1v) is 4.96. The molecule has 1 amide bonds. The first-order valence-electron chi connectivity index (χ1n) is 4.96. The van der Waals surface area contributed by atoms with Crippen molar-refractivity contribution in [2.75, 3.05) is 26.6 Å². The third-order valence-corrected chi connectivity index (χ3v) is 2.47. The van der Waals surface area contributed by atoms with Crippen LogP contribution in [0.2, 0.25) is 0 Å². The number of fused-ring (bicyclic) bond motifs is 1. The molecule has 0 aromatic heterocycles. The van der Waals surface area contributed by atoms with Crippen molar-refractivity contribution in [2.24, 2.45) is 0 Å². The van der Waals surface area contributed by atoms with Gasteiger partial charge in [0.2, 0.25) is 12.7 Å². The Bertz CT molecular complexity index is 429. The third kappa shape index (κ3) is 1.76. The van der Waals surface area contributed by atoms with Gasteiger partial charge >= 0.3 is 0 Å². The molecule has 1 aromatic rings. The molecule has 1 heterocycles. The van der Waals surface area contributed by atoms with Crippen LogP contribution in [0.4, 0.5) is 5.69 Å². The number of nitrogen functional groups attached to an aromatic ring is 1. The summed E-state index contributed by atoms with van der Waals surface area (Å²) in [6.45, 7) is 0.159. The maximum Gasteiger partial charge on any atom is 0.231 e. The number of nitrogens with zero attached hydrogens (tertiary/aromatic N) is 1. The van der Waals surface area contributed by atoms with Gasteiger partial charge in [-0.25, -0.2) is 0 Å². The van der Waals surface area contributed by atoms with E-state index in [1.54, 1.807) is 31.1 Å². The molecule has 0 spiro atoms. The summed E-state index contributed by atoms with van der Waals surface area (Å²) in [6, 6.07) is 3.52. The van der Waals surface area contributed by atoms with Crippen LogP contribution in [0.1, 0.15) is 5.56 Å². The van der Waals surface area contributed by atoms with Crippen molar-refractivity contribution in [3.05, 3.63) is 17.7 Å². The van der Waals surface area contributed by atoms with Crippen LogP contribution < -0.4 is 15.2 Å². The Morgan fingerprint density at radius 2 is 2.06 bits per heavy atom. The lowest BCUT2D eigenvalue weighted by Crippen LogP contribution is -2.23. The van der Waals surface area contributed by atoms with E-state index in [2.05, 4.69) is 0 Å². The lowest BCUT2D eigenvalue weighted by Gasteiger charge is -2.11. The molecular weight excluding hydrogens is 208 g/mol. The first kappa shape index (κ1) is 10.6. The first-order chi connectivity index (χ1) is 7.59. The van der Waals surface area contributed by atoms with Crippen LogP contribution in [-0.4, -0.2) is 31.7 Å². The van der Waals surface area contributed by atoms with E-state index in [1.807, 2.05) is 0 Å². The molecule has 16 heavy (non-hydrogen) atoms. The lowest BCUT2D eigenvalue weighted by molar-refractivity contribution is -0.127. The zero-order valence-electron chi connectivity index (χ0n) is 9.32. The van der Waals surface area contributed by atoms with Crippen molar-refractivity contribution < 1.29 is 14.3 Å². The highest BCUT2D eigenvalue weighted by Crippen LogP contribution is 2.40. The van der Waals surface area contributed by atoms with Crippen LogP contribution in [-0.2, 0) is 11.2 Å². The summed E-state index contributed by atoms with van der Waals surface area (Å²) in [7, 11) is 3.44. The fraction of sp³-hybridized carbons (Fsp3) is 0.364. The number of ether oxygens (including phenoxy) is 2. The van der Waals surface area contributed by atoms with E-state index < -0.39 is 0 Å². The van der Waals surface area contributed by atoms with Crippen molar-refractivity contribution >= 4 is 11.6 Å². The van der Waals surface area contributed by atoms with E-state index in [9.17, 15) is 4.79 Å². The number of amides is 1. The van der Waals surface area contributed by atoms with Gasteiger partial charge < -0.3 is 20.1 Å². The van der Waals surface area contributed by atoms with Gasteiger partial charge in [0.05, 0.1) is 12.1 Å². The molecular formula is C11H14N2O3. The molecule has 0 fully saturated rings. The van der Waals surface area contributed by atoms with E-state index in [4.69, 9.17) is 15.2 Å². The van der Waals surface area contributed by atoms with Crippen LogP contribution in [0.15, 0.2) is 12.1 Å². The van der Waals surface area contributed by atoms with E-state index in [1.165, 1.54) is 0 Å². The number of nitrogens with two attached hydrogens (primary N) is 1.